The third-order valence-corrected chi connectivity index (χ3v) is 2.23. The number of urea groups is 1. The van der Waals surface area contributed by atoms with Crippen molar-refractivity contribution in [1.82, 2.24) is 5.32 Å². The number of nitrogens with two attached hydrogens (primary N) is 1. The van der Waals surface area contributed by atoms with Crippen LogP contribution in [0.2, 0.25) is 0 Å². The van der Waals surface area contributed by atoms with Crippen LogP contribution in [0.4, 0.5) is 16.2 Å². The molecule has 0 aliphatic rings. The van der Waals surface area contributed by atoms with Crippen molar-refractivity contribution in [3.63, 3.8) is 0 Å². The Kier molecular flexibility index (Phi) is 4.82. The molecule has 0 atom stereocenters. The predicted molar refractivity (Wildman–Crippen MR) is 67.5 cm³/mol. The topological polar surface area (TPSA) is 90.9 Å². The summed E-state index contributed by atoms with van der Waals surface area (Å²) in [7, 11) is 0. The van der Waals surface area contributed by atoms with Gasteiger partial charge in [0.1, 0.15) is 6.07 Å². The van der Waals surface area contributed by atoms with Crippen LogP contribution in [0.25, 0.3) is 0 Å². The van der Waals surface area contributed by atoms with E-state index in [4.69, 9.17) is 11.0 Å². The van der Waals surface area contributed by atoms with Crippen LogP contribution in [0.3, 0.4) is 0 Å². The molecule has 1 aromatic rings. The van der Waals surface area contributed by atoms with Crippen LogP contribution < -0.4 is 16.4 Å². The van der Waals surface area contributed by atoms with E-state index in [0.717, 1.165) is 12.8 Å². The molecule has 0 aromatic heterocycles. The molecule has 2 amide bonds. The van der Waals surface area contributed by atoms with Gasteiger partial charge in [-0.1, -0.05) is 13.3 Å². The number of rotatable bonds is 4. The summed E-state index contributed by atoms with van der Waals surface area (Å²) in [4.78, 5) is 11.5. The Morgan fingerprint density at radius 1 is 1.53 bits per heavy atom. The van der Waals surface area contributed by atoms with Gasteiger partial charge in [-0.15, -0.1) is 0 Å². The number of nitrogens with zero attached hydrogens (tertiary/aromatic N) is 1. The molecule has 4 N–H and O–H groups in total. The standard InChI is InChI=1S/C12H16N4O/c1-2-3-6-15-12(17)16-11-5-4-10(14)7-9(11)8-13/h4-5,7H,2-3,6,14H2,1H3,(H2,15,16,17). The van der Waals surface area contributed by atoms with E-state index in [9.17, 15) is 4.79 Å². The fraction of sp³-hybridized carbons (Fsp3) is 0.333. The van der Waals surface area contributed by atoms with Crippen LogP contribution in [0.15, 0.2) is 18.2 Å². The second-order valence-corrected chi connectivity index (χ2v) is 3.65. The highest BCUT2D eigenvalue weighted by molar-refractivity contribution is 5.91. The Balaban J connectivity index is 2.62. The first-order valence-corrected chi connectivity index (χ1v) is 5.52. The van der Waals surface area contributed by atoms with Crippen molar-refractivity contribution in [2.75, 3.05) is 17.6 Å². The molecular formula is C12H16N4O. The second-order valence-electron chi connectivity index (χ2n) is 3.65. The van der Waals surface area contributed by atoms with Gasteiger partial charge in [-0.2, -0.15) is 5.26 Å². The van der Waals surface area contributed by atoms with Crippen molar-refractivity contribution < 1.29 is 4.79 Å². The van der Waals surface area contributed by atoms with Crippen LogP contribution in [0.5, 0.6) is 0 Å². The van der Waals surface area contributed by atoms with Gasteiger partial charge in [-0.25, -0.2) is 4.79 Å². The Morgan fingerprint density at radius 2 is 2.29 bits per heavy atom. The quantitative estimate of drug-likeness (QED) is 0.548. The molecule has 0 saturated heterocycles. The van der Waals surface area contributed by atoms with Crippen LogP contribution in [-0.2, 0) is 0 Å². The molecule has 0 saturated carbocycles. The summed E-state index contributed by atoms with van der Waals surface area (Å²) >= 11 is 0. The van der Waals surface area contributed by atoms with Gasteiger partial charge in [0, 0.05) is 12.2 Å². The maximum Gasteiger partial charge on any atom is 0.319 e. The second kappa shape index (κ2) is 6.38. The number of hydrogen-bond donors (Lipinski definition) is 3. The summed E-state index contributed by atoms with van der Waals surface area (Å²) in [6.07, 6.45) is 1.95. The summed E-state index contributed by atoms with van der Waals surface area (Å²) in [6, 6.07) is 6.47. The maximum absolute atomic E-state index is 11.5. The summed E-state index contributed by atoms with van der Waals surface area (Å²) in [6.45, 7) is 2.67. The number of carbonyl (C=O) groups excluding carboxylic acids is 1. The molecule has 5 heteroatoms. The lowest BCUT2D eigenvalue weighted by Gasteiger charge is -2.08. The van der Waals surface area contributed by atoms with Gasteiger partial charge in [-0.3, -0.25) is 0 Å². The fourth-order valence-electron chi connectivity index (χ4n) is 1.31. The van der Waals surface area contributed by atoms with Crippen molar-refractivity contribution in [3.05, 3.63) is 23.8 Å². The van der Waals surface area contributed by atoms with Gasteiger partial charge < -0.3 is 16.4 Å². The lowest BCUT2D eigenvalue weighted by molar-refractivity contribution is 0.252. The molecule has 90 valence electrons. The van der Waals surface area contributed by atoms with Crippen molar-refractivity contribution >= 4 is 17.4 Å². The number of nitrogen functional groups attached to an aromatic ring is 1. The van der Waals surface area contributed by atoms with Crippen LogP contribution in [0, 0.1) is 11.3 Å². The average molecular weight is 232 g/mol. The molecule has 1 aromatic carbocycles. The summed E-state index contributed by atoms with van der Waals surface area (Å²) < 4.78 is 0. The monoisotopic (exact) mass is 232 g/mol. The highest BCUT2D eigenvalue weighted by Crippen LogP contribution is 2.17. The molecule has 0 aliphatic carbocycles. The Morgan fingerprint density at radius 3 is 2.94 bits per heavy atom. The highest BCUT2D eigenvalue weighted by atomic mass is 16.2. The summed E-state index contributed by atoms with van der Waals surface area (Å²) in [5.74, 6) is 0. The smallest absolute Gasteiger partial charge is 0.319 e. The molecule has 0 heterocycles. The third kappa shape index (κ3) is 4.03. The molecule has 17 heavy (non-hydrogen) atoms. The average Bonchev–Trinajstić information content (AvgIpc) is 2.32. The first-order valence-electron chi connectivity index (χ1n) is 5.52. The van der Waals surface area contributed by atoms with Crippen molar-refractivity contribution in [3.8, 4) is 6.07 Å². The minimum atomic E-state index is -0.306. The number of unbranched alkanes of at least 4 members (excludes halogenated alkanes) is 1. The van der Waals surface area contributed by atoms with Gasteiger partial charge >= 0.3 is 6.03 Å². The largest absolute Gasteiger partial charge is 0.399 e. The predicted octanol–water partition coefficient (Wildman–Crippen LogP) is 2.06. The molecular weight excluding hydrogens is 216 g/mol. The molecule has 1 rings (SSSR count). The maximum atomic E-state index is 11.5. The molecule has 0 radical (unpaired) electrons. The van der Waals surface area contributed by atoms with Gasteiger partial charge in [0.05, 0.1) is 11.3 Å². The number of hydrogen-bond acceptors (Lipinski definition) is 3. The Bertz CT molecular complexity index is 437. The van der Waals surface area contributed by atoms with Crippen LogP contribution in [0.1, 0.15) is 25.3 Å². The molecule has 0 aliphatic heterocycles. The van der Waals surface area contributed by atoms with Crippen molar-refractivity contribution in [2.45, 2.75) is 19.8 Å². The number of nitriles is 1. The number of nitrogens with one attached hydrogen (secondary N) is 2. The first-order chi connectivity index (χ1) is 8.17. The molecule has 0 fully saturated rings. The van der Waals surface area contributed by atoms with Gasteiger partial charge in [0.2, 0.25) is 0 Å². The number of amides is 2. The Hall–Kier alpha value is -2.22. The van der Waals surface area contributed by atoms with Gasteiger partial charge in [-0.05, 0) is 24.6 Å². The van der Waals surface area contributed by atoms with Crippen molar-refractivity contribution in [1.29, 1.82) is 5.26 Å². The van der Waals surface area contributed by atoms with Crippen LogP contribution in [-0.4, -0.2) is 12.6 Å². The van der Waals surface area contributed by atoms with E-state index in [1.807, 2.05) is 13.0 Å². The first kappa shape index (κ1) is 12.8. The summed E-state index contributed by atoms with van der Waals surface area (Å²) in [5.41, 5.74) is 6.88. The molecule has 5 nitrogen and oxygen atoms in total. The minimum absolute atomic E-state index is 0.306. The SMILES string of the molecule is CCCCNC(=O)Nc1ccc(N)cc1C#N. The zero-order valence-corrected chi connectivity index (χ0v) is 9.79. The van der Waals surface area contributed by atoms with E-state index in [1.54, 1.807) is 12.1 Å². The number of anilines is 2. The lowest BCUT2D eigenvalue weighted by Crippen LogP contribution is -2.29. The molecule has 0 unspecified atom stereocenters. The zero-order valence-electron chi connectivity index (χ0n) is 9.79. The van der Waals surface area contributed by atoms with E-state index in [2.05, 4.69) is 10.6 Å². The highest BCUT2D eigenvalue weighted by Gasteiger charge is 2.06. The zero-order chi connectivity index (χ0) is 12.7. The van der Waals surface area contributed by atoms with Gasteiger partial charge in [0.15, 0.2) is 0 Å². The normalized spacial score (nSPS) is 9.41. The van der Waals surface area contributed by atoms with E-state index < -0.39 is 0 Å². The van der Waals surface area contributed by atoms with E-state index in [0.29, 0.717) is 23.5 Å². The number of carbonyl (C=O) groups is 1. The molecule has 0 bridgehead atoms. The van der Waals surface area contributed by atoms with Crippen LogP contribution >= 0.6 is 0 Å². The van der Waals surface area contributed by atoms with E-state index >= 15 is 0 Å². The van der Waals surface area contributed by atoms with Gasteiger partial charge in [0.25, 0.3) is 0 Å². The molecule has 0 spiro atoms. The van der Waals surface area contributed by atoms with E-state index in [1.165, 1.54) is 6.07 Å². The summed E-state index contributed by atoms with van der Waals surface area (Å²) in [5, 5.41) is 14.2. The lowest BCUT2D eigenvalue weighted by atomic mass is 10.2. The Labute approximate surface area is 101 Å². The minimum Gasteiger partial charge on any atom is -0.399 e. The van der Waals surface area contributed by atoms with E-state index in [-0.39, 0.29) is 6.03 Å². The number of benzene rings is 1. The van der Waals surface area contributed by atoms with Crippen molar-refractivity contribution in [2.24, 2.45) is 0 Å². The third-order valence-electron chi connectivity index (χ3n) is 2.23. The fourth-order valence-corrected chi connectivity index (χ4v) is 1.31.